The zero-order valence-corrected chi connectivity index (χ0v) is 7.71. The molecule has 0 aromatic rings. The quantitative estimate of drug-likeness (QED) is 0.607. The number of thioether (sulfide) groups is 1. The van der Waals surface area contributed by atoms with Gasteiger partial charge in [-0.25, -0.2) is 0 Å². The molecule has 1 heterocycles. The van der Waals surface area contributed by atoms with Gasteiger partial charge in [-0.15, -0.1) is 4.72 Å². The predicted octanol–water partition coefficient (Wildman–Crippen LogP) is -0.577. The third-order valence-corrected chi connectivity index (χ3v) is 4.37. The summed E-state index contributed by atoms with van der Waals surface area (Å²) in [5.41, 5.74) is 0. The first-order chi connectivity index (χ1) is 5.20. The van der Waals surface area contributed by atoms with Crippen molar-refractivity contribution in [1.82, 2.24) is 4.72 Å². The molecule has 1 aliphatic rings. The molecular weight excluding hydrogens is 182 g/mol. The molecule has 3 nitrogen and oxygen atoms in total. The van der Waals surface area contributed by atoms with Crippen molar-refractivity contribution in [3.05, 3.63) is 10.8 Å². The summed E-state index contributed by atoms with van der Waals surface area (Å²) >= 11 is 1.63. The fourth-order valence-electron chi connectivity index (χ4n) is 0.607. The monoisotopic (exact) mass is 191 g/mol. The largest absolute Gasteiger partial charge is 0.548 e. The van der Waals surface area contributed by atoms with Gasteiger partial charge in [0.2, 0.25) is 0 Å². The molecule has 0 fully saturated rings. The molecule has 1 N–H and O–H groups in total. The molecule has 1 unspecified atom stereocenters. The Morgan fingerprint density at radius 3 is 3.09 bits per heavy atom. The molecule has 0 aromatic carbocycles. The highest BCUT2D eigenvalue weighted by molar-refractivity contribution is 8.19. The van der Waals surface area contributed by atoms with Crippen LogP contribution in [0.25, 0.3) is 0 Å². The lowest BCUT2D eigenvalue weighted by atomic mass is 10.4. The molecular formula is C6H9NO2S2. The molecule has 1 rings (SSSR count). The number of carboxylic acid groups (broad SMARTS) is 1. The van der Waals surface area contributed by atoms with Crippen LogP contribution >= 0.6 is 11.8 Å². The van der Waals surface area contributed by atoms with E-state index in [2.05, 4.69) is 4.72 Å². The van der Waals surface area contributed by atoms with E-state index in [9.17, 15) is 9.90 Å². The van der Waals surface area contributed by atoms with Gasteiger partial charge in [-0.3, -0.25) is 0 Å². The fourth-order valence-corrected chi connectivity index (χ4v) is 3.57. The molecule has 11 heavy (non-hydrogen) atoms. The Labute approximate surface area is 72.7 Å². The van der Waals surface area contributed by atoms with Gasteiger partial charge in [-0.05, 0) is 6.92 Å². The maximum atomic E-state index is 10.3. The number of carbonyl (C=O) groups is 1. The van der Waals surface area contributed by atoms with Crippen LogP contribution in [0.5, 0.6) is 0 Å². The molecule has 1 aliphatic heterocycles. The lowest BCUT2D eigenvalue weighted by Gasteiger charge is -2.10. The highest BCUT2D eigenvalue weighted by Crippen LogP contribution is 2.17. The van der Waals surface area contributed by atoms with Crippen LogP contribution in [-0.2, 0) is 15.9 Å². The Balaban J connectivity index is 2.29. The van der Waals surface area contributed by atoms with Gasteiger partial charge in [0.25, 0.3) is 0 Å². The summed E-state index contributed by atoms with van der Waals surface area (Å²) in [6.45, 7) is 1.60. The second-order valence-electron chi connectivity index (χ2n) is 2.14. The van der Waals surface area contributed by atoms with Crippen LogP contribution in [0.15, 0.2) is 10.8 Å². The summed E-state index contributed by atoms with van der Waals surface area (Å²) in [4.78, 5) is 10.3. The number of rotatable bonds is 3. The van der Waals surface area contributed by atoms with Crippen LogP contribution in [0.2, 0.25) is 0 Å². The summed E-state index contributed by atoms with van der Waals surface area (Å²) < 4.78 is 2.94. The van der Waals surface area contributed by atoms with E-state index >= 15 is 0 Å². The van der Waals surface area contributed by atoms with Crippen molar-refractivity contribution < 1.29 is 9.90 Å². The van der Waals surface area contributed by atoms with E-state index in [-0.39, 0.29) is 11.1 Å². The second kappa shape index (κ2) is 4.04. The van der Waals surface area contributed by atoms with Gasteiger partial charge in [0.15, 0.2) is 5.08 Å². The van der Waals surface area contributed by atoms with E-state index in [1.807, 2.05) is 10.8 Å². The lowest BCUT2D eigenvalue weighted by Crippen LogP contribution is -2.45. The Bertz CT molecular complexity index is 183. The summed E-state index contributed by atoms with van der Waals surface area (Å²) in [6.07, 6.45) is 0. The average Bonchev–Trinajstić information content (AvgIpc) is 2.39. The third kappa shape index (κ3) is 2.76. The van der Waals surface area contributed by atoms with Gasteiger partial charge in [-0.1, -0.05) is 11.8 Å². The van der Waals surface area contributed by atoms with Crippen molar-refractivity contribution >= 4 is 28.8 Å². The molecule has 0 saturated heterocycles. The summed E-state index contributed by atoms with van der Waals surface area (Å²) in [5, 5.41) is 15.2. The Kier molecular flexibility index (Phi) is 3.29. The summed E-state index contributed by atoms with van der Waals surface area (Å²) in [7, 11) is 0. The van der Waals surface area contributed by atoms with Gasteiger partial charge in [0.1, 0.15) is 16.5 Å². The molecule has 5 heteroatoms. The van der Waals surface area contributed by atoms with Crippen molar-refractivity contribution in [2.45, 2.75) is 13.0 Å². The first-order valence-electron chi connectivity index (χ1n) is 3.15. The van der Waals surface area contributed by atoms with Crippen LogP contribution in [0.4, 0.5) is 0 Å². The van der Waals surface area contributed by atoms with Gasteiger partial charge < -0.3 is 9.90 Å². The minimum atomic E-state index is -1.04. The van der Waals surface area contributed by atoms with E-state index in [0.29, 0.717) is 0 Å². The van der Waals surface area contributed by atoms with Gasteiger partial charge in [0, 0.05) is 5.41 Å². The molecule has 0 radical (unpaired) electrons. The van der Waals surface area contributed by atoms with Gasteiger partial charge in [-0.2, -0.15) is 0 Å². The van der Waals surface area contributed by atoms with E-state index in [1.54, 1.807) is 18.7 Å². The molecule has 0 saturated carbocycles. The molecule has 0 aliphatic carbocycles. The van der Waals surface area contributed by atoms with Crippen molar-refractivity contribution in [3.8, 4) is 0 Å². The fraction of sp³-hybridized carbons (Fsp3) is 0.500. The van der Waals surface area contributed by atoms with Crippen LogP contribution in [-0.4, -0.2) is 17.1 Å². The van der Waals surface area contributed by atoms with Gasteiger partial charge >= 0.3 is 0 Å². The number of aliphatic carboxylic acids is 1. The van der Waals surface area contributed by atoms with Crippen LogP contribution in [0.3, 0.4) is 0 Å². The minimum absolute atomic E-state index is 0.0664. The molecule has 62 valence electrons. The number of hydrogen-bond donors (Lipinski definition) is 1. The molecule has 2 atom stereocenters. The number of nitrogens with one attached hydrogen (secondary N) is 1. The molecule has 0 bridgehead atoms. The zero-order chi connectivity index (χ0) is 8.27. The lowest BCUT2D eigenvalue weighted by molar-refractivity contribution is -0.307. The number of carboxylic acids is 1. The van der Waals surface area contributed by atoms with E-state index in [4.69, 9.17) is 0 Å². The van der Waals surface area contributed by atoms with Crippen LogP contribution in [0, 0.1) is 0 Å². The van der Waals surface area contributed by atoms with Crippen molar-refractivity contribution in [1.29, 1.82) is 0 Å². The van der Waals surface area contributed by atoms with Crippen molar-refractivity contribution in [3.63, 3.8) is 0 Å². The molecule has 0 aromatic heterocycles. The highest BCUT2D eigenvalue weighted by atomic mass is 32.3. The average molecular weight is 191 g/mol. The normalized spacial score (nSPS) is 25.4. The van der Waals surface area contributed by atoms with E-state index < -0.39 is 12.0 Å². The SMILES string of the molecule is C[C@H](N[S+]1C=CSC1)C(=O)[O-]. The first kappa shape index (κ1) is 8.96. The second-order valence-corrected chi connectivity index (χ2v) is 5.06. The van der Waals surface area contributed by atoms with Crippen LogP contribution in [0.1, 0.15) is 6.92 Å². The van der Waals surface area contributed by atoms with Crippen molar-refractivity contribution in [2.24, 2.45) is 0 Å². The number of carbonyl (C=O) groups excluding carboxylic acids is 1. The zero-order valence-electron chi connectivity index (χ0n) is 6.07. The topological polar surface area (TPSA) is 52.2 Å². The molecule has 0 spiro atoms. The number of hydrogen-bond acceptors (Lipinski definition) is 4. The Hall–Kier alpha value is -0.130. The first-order valence-corrected chi connectivity index (χ1v) is 5.65. The predicted molar refractivity (Wildman–Crippen MR) is 46.6 cm³/mol. The highest BCUT2D eigenvalue weighted by Gasteiger charge is 2.22. The van der Waals surface area contributed by atoms with E-state index in [1.165, 1.54) is 0 Å². The van der Waals surface area contributed by atoms with E-state index in [0.717, 1.165) is 5.08 Å². The summed E-state index contributed by atoms with van der Waals surface area (Å²) in [6, 6.07) is -0.554. The van der Waals surface area contributed by atoms with Crippen molar-refractivity contribution in [2.75, 3.05) is 5.08 Å². The third-order valence-electron chi connectivity index (χ3n) is 1.19. The Morgan fingerprint density at radius 2 is 2.64 bits per heavy atom. The Morgan fingerprint density at radius 1 is 1.91 bits per heavy atom. The molecule has 0 amide bonds. The maximum absolute atomic E-state index is 10.3. The maximum Gasteiger partial charge on any atom is 0.181 e. The smallest absolute Gasteiger partial charge is 0.181 e. The van der Waals surface area contributed by atoms with Crippen LogP contribution < -0.4 is 9.83 Å². The standard InChI is InChI=1S/C6H9NO2S2/c1-5(6(8)9)7-11-3-2-10-4-11/h2-3,5,7H,4H2,1H3/t5-,11?/m0/s1. The van der Waals surface area contributed by atoms with Gasteiger partial charge in [0.05, 0.1) is 12.0 Å². The summed E-state index contributed by atoms with van der Waals surface area (Å²) in [5.74, 6) is -1.04. The minimum Gasteiger partial charge on any atom is -0.548 e.